The molecule has 0 aliphatic carbocycles. The van der Waals surface area contributed by atoms with Crippen LogP contribution in [-0.4, -0.2) is 36.1 Å². The van der Waals surface area contributed by atoms with Crippen LogP contribution in [0.2, 0.25) is 0 Å². The number of rotatable bonds is 7. The van der Waals surface area contributed by atoms with Crippen LogP contribution in [0.1, 0.15) is 4.88 Å². The van der Waals surface area contributed by atoms with E-state index < -0.39 is 33.0 Å². The summed E-state index contributed by atoms with van der Waals surface area (Å²) in [6, 6.07) is 2.72. The van der Waals surface area contributed by atoms with E-state index in [-0.39, 0.29) is 17.2 Å². The van der Waals surface area contributed by atoms with E-state index in [1.807, 2.05) is 4.72 Å². The third-order valence-corrected chi connectivity index (χ3v) is 5.74. The van der Waals surface area contributed by atoms with Gasteiger partial charge in [0.05, 0.1) is 0 Å². The van der Waals surface area contributed by atoms with Gasteiger partial charge >= 0.3 is 6.18 Å². The van der Waals surface area contributed by atoms with Crippen molar-refractivity contribution in [2.45, 2.75) is 16.8 Å². The van der Waals surface area contributed by atoms with Gasteiger partial charge in [0.2, 0.25) is 10.0 Å². The average Bonchev–Trinajstić information content (AvgIpc) is 2.74. The van der Waals surface area contributed by atoms with Crippen LogP contribution >= 0.6 is 11.3 Å². The molecule has 122 valence electrons. The molecule has 21 heavy (non-hydrogen) atoms. The molecule has 0 bridgehead atoms. The molecule has 13 heteroatoms. The number of halogens is 3. The topological polar surface area (TPSA) is 118 Å². The fourth-order valence-corrected chi connectivity index (χ4v) is 3.79. The van der Waals surface area contributed by atoms with Gasteiger partial charge in [-0.15, -0.1) is 11.3 Å². The summed E-state index contributed by atoms with van der Waals surface area (Å²) in [5, 5.41) is 4.90. The Balaban J connectivity index is 2.48. The Hall–Kier alpha value is -0.730. The lowest BCUT2D eigenvalue weighted by Gasteiger charge is -2.09. The number of nitrogens with two attached hydrogens (primary N) is 1. The Kier molecular flexibility index (Phi) is 5.74. The number of alkyl halides is 3. The Morgan fingerprint density at radius 1 is 1.14 bits per heavy atom. The third kappa shape index (κ3) is 7.19. The highest BCUT2D eigenvalue weighted by molar-refractivity contribution is 7.91. The maximum absolute atomic E-state index is 11.9. The minimum absolute atomic E-state index is 0.0736. The van der Waals surface area contributed by atoms with E-state index >= 15 is 0 Å². The van der Waals surface area contributed by atoms with Gasteiger partial charge in [0.1, 0.15) is 10.8 Å². The van der Waals surface area contributed by atoms with Crippen LogP contribution in [0.3, 0.4) is 0 Å². The predicted molar refractivity (Wildman–Crippen MR) is 70.4 cm³/mol. The van der Waals surface area contributed by atoms with Gasteiger partial charge < -0.3 is 0 Å². The Labute approximate surface area is 123 Å². The summed E-state index contributed by atoms with van der Waals surface area (Å²) in [4.78, 5) is 0.526. The molecule has 1 rings (SSSR count). The quantitative estimate of drug-likeness (QED) is 0.625. The van der Waals surface area contributed by atoms with Crippen LogP contribution in [0.4, 0.5) is 13.2 Å². The second-order valence-electron chi connectivity index (χ2n) is 3.85. The molecule has 0 spiro atoms. The zero-order valence-electron chi connectivity index (χ0n) is 10.3. The van der Waals surface area contributed by atoms with Crippen LogP contribution < -0.4 is 14.6 Å². The number of primary sulfonamides is 1. The van der Waals surface area contributed by atoms with E-state index in [9.17, 15) is 30.0 Å². The van der Waals surface area contributed by atoms with E-state index in [2.05, 4.69) is 0 Å². The highest BCUT2D eigenvalue weighted by atomic mass is 32.2. The first-order valence-corrected chi connectivity index (χ1v) is 9.16. The number of nitrogens with one attached hydrogen (secondary N) is 2. The van der Waals surface area contributed by atoms with Gasteiger partial charge in [0.25, 0.3) is 10.2 Å². The summed E-state index contributed by atoms with van der Waals surface area (Å²) in [5.74, 6) is 0. The zero-order valence-corrected chi connectivity index (χ0v) is 12.8. The first-order valence-electron chi connectivity index (χ1n) is 5.31. The monoisotopic (exact) mass is 367 g/mol. The zero-order chi connectivity index (χ0) is 16.3. The lowest BCUT2D eigenvalue weighted by atomic mass is 10.3. The molecule has 1 aromatic rings. The fourth-order valence-electron chi connectivity index (χ4n) is 1.18. The van der Waals surface area contributed by atoms with Gasteiger partial charge in [0, 0.05) is 11.4 Å². The van der Waals surface area contributed by atoms with Crippen LogP contribution in [0, 0.1) is 0 Å². The first-order chi connectivity index (χ1) is 9.39. The van der Waals surface area contributed by atoms with Crippen molar-refractivity contribution in [3.05, 3.63) is 17.0 Å². The van der Waals surface area contributed by atoms with Crippen LogP contribution in [-0.2, 0) is 26.7 Å². The van der Waals surface area contributed by atoms with Crippen molar-refractivity contribution in [2.24, 2.45) is 5.14 Å². The summed E-state index contributed by atoms with van der Waals surface area (Å²) in [6.45, 7) is -1.85. The van der Waals surface area contributed by atoms with Crippen LogP contribution in [0.25, 0.3) is 0 Å². The summed E-state index contributed by atoms with van der Waals surface area (Å²) in [5.41, 5.74) is 0. The van der Waals surface area contributed by atoms with Crippen molar-refractivity contribution in [3.63, 3.8) is 0 Å². The molecule has 0 radical (unpaired) electrons. The molecule has 0 aliphatic rings. The van der Waals surface area contributed by atoms with Crippen LogP contribution in [0.15, 0.2) is 16.3 Å². The number of hydrogen-bond donors (Lipinski definition) is 3. The van der Waals surface area contributed by atoms with Gasteiger partial charge in [-0.25, -0.2) is 18.3 Å². The Morgan fingerprint density at radius 2 is 1.76 bits per heavy atom. The summed E-state index contributed by atoms with van der Waals surface area (Å²) in [7, 11) is -8.08. The standard InChI is InChI=1S/C8H12F3N3O4S3/c9-8(10,11)5-14-21(17,18)13-4-3-6-1-2-7(19-6)20(12,15)16/h1-2,13-14H,3-5H2,(H2,12,15,16). The fraction of sp³-hybridized carbons (Fsp3) is 0.500. The molecule has 0 unspecified atom stereocenters. The van der Waals surface area contributed by atoms with E-state index in [0.717, 1.165) is 11.3 Å². The predicted octanol–water partition coefficient (Wildman–Crippen LogP) is -0.0757. The molecule has 0 saturated heterocycles. The van der Waals surface area contributed by atoms with Gasteiger partial charge in [-0.1, -0.05) is 0 Å². The Morgan fingerprint density at radius 3 is 2.24 bits per heavy atom. The Bertz CT molecular complexity index is 681. The van der Waals surface area contributed by atoms with E-state index in [1.165, 1.54) is 16.9 Å². The highest BCUT2D eigenvalue weighted by Gasteiger charge is 2.29. The third-order valence-electron chi connectivity index (χ3n) is 2.04. The summed E-state index contributed by atoms with van der Waals surface area (Å²) < 4.78 is 83.2. The van der Waals surface area contributed by atoms with E-state index in [0.29, 0.717) is 4.88 Å². The van der Waals surface area contributed by atoms with Crippen molar-refractivity contribution in [2.75, 3.05) is 13.1 Å². The van der Waals surface area contributed by atoms with Crippen molar-refractivity contribution >= 4 is 31.6 Å². The molecule has 0 amide bonds. The molecular weight excluding hydrogens is 355 g/mol. The molecule has 0 aromatic carbocycles. The lowest BCUT2D eigenvalue weighted by Crippen LogP contribution is -2.42. The minimum atomic E-state index is -4.65. The van der Waals surface area contributed by atoms with E-state index in [4.69, 9.17) is 5.14 Å². The molecular formula is C8H12F3N3O4S3. The molecule has 0 aliphatic heterocycles. The molecule has 1 aromatic heterocycles. The molecule has 1 heterocycles. The molecule has 0 fully saturated rings. The largest absolute Gasteiger partial charge is 0.402 e. The molecule has 4 N–H and O–H groups in total. The van der Waals surface area contributed by atoms with Gasteiger partial charge in [0.15, 0.2) is 0 Å². The summed E-state index contributed by atoms with van der Waals surface area (Å²) in [6.07, 6.45) is -4.53. The maximum Gasteiger partial charge on any atom is 0.402 e. The smallest absolute Gasteiger partial charge is 0.224 e. The average molecular weight is 367 g/mol. The first kappa shape index (κ1) is 18.3. The van der Waals surface area contributed by atoms with E-state index in [1.54, 1.807) is 0 Å². The molecule has 7 nitrogen and oxygen atoms in total. The van der Waals surface area contributed by atoms with Crippen molar-refractivity contribution in [1.29, 1.82) is 0 Å². The SMILES string of the molecule is NS(=O)(=O)c1ccc(CCNS(=O)(=O)NCC(F)(F)F)s1. The number of hydrogen-bond acceptors (Lipinski definition) is 5. The second-order valence-corrected chi connectivity index (χ2v) is 8.39. The van der Waals surface area contributed by atoms with Crippen LogP contribution in [0.5, 0.6) is 0 Å². The van der Waals surface area contributed by atoms with Gasteiger partial charge in [-0.05, 0) is 18.6 Å². The maximum atomic E-state index is 11.9. The van der Waals surface area contributed by atoms with Crippen molar-refractivity contribution in [1.82, 2.24) is 9.44 Å². The number of thiophene rings is 1. The lowest BCUT2D eigenvalue weighted by molar-refractivity contribution is -0.121. The normalized spacial score (nSPS) is 13.5. The van der Waals surface area contributed by atoms with Crippen molar-refractivity contribution < 1.29 is 30.0 Å². The highest BCUT2D eigenvalue weighted by Crippen LogP contribution is 2.20. The molecule has 0 saturated carbocycles. The van der Waals surface area contributed by atoms with Gasteiger partial charge in [-0.3, -0.25) is 0 Å². The molecule has 0 atom stereocenters. The number of sulfonamides is 1. The summed E-state index contributed by atoms with van der Waals surface area (Å²) >= 11 is 0.860. The minimum Gasteiger partial charge on any atom is -0.224 e. The van der Waals surface area contributed by atoms with Gasteiger partial charge in [-0.2, -0.15) is 26.3 Å². The van der Waals surface area contributed by atoms with Crippen molar-refractivity contribution in [3.8, 4) is 0 Å². The second kappa shape index (κ2) is 6.58.